The maximum absolute atomic E-state index is 12.7. The van der Waals surface area contributed by atoms with Crippen molar-refractivity contribution < 1.29 is 22.4 Å². The average molecular weight is 302 g/mol. The second kappa shape index (κ2) is 6.47. The van der Waals surface area contributed by atoms with E-state index in [1.54, 1.807) is 0 Å². The Bertz CT molecular complexity index is 596. The van der Waals surface area contributed by atoms with Crippen molar-refractivity contribution in [3.63, 3.8) is 0 Å². The average Bonchev–Trinajstić information content (AvgIpc) is 2.30. The molecule has 110 valence electrons. The zero-order valence-electron chi connectivity index (χ0n) is 11.1. The maximum Gasteiger partial charge on any atom is 0.239 e. The van der Waals surface area contributed by atoms with Crippen molar-refractivity contribution in [1.82, 2.24) is 4.90 Å². The predicted octanol–water partition coefficient (Wildman–Crippen LogP) is 0.267. The summed E-state index contributed by atoms with van der Waals surface area (Å²) in [6.45, 7) is 0. The number of nitrogens with zero attached hydrogens (tertiary/aromatic N) is 1. The predicted molar refractivity (Wildman–Crippen MR) is 72.4 cm³/mol. The highest BCUT2D eigenvalue weighted by molar-refractivity contribution is 7.92. The molecule has 6 nitrogen and oxygen atoms in total. The van der Waals surface area contributed by atoms with Gasteiger partial charge in [-0.25, -0.2) is 12.8 Å². The molecule has 0 aliphatic heterocycles. The van der Waals surface area contributed by atoms with Crippen LogP contribution < -0.4 is 5.32 Å². The quantitative estimate of drug-likeness (QED) is 0.846. The summed E-state index contributed by atoms with van der Waals surface area (Å²) < 4.78 is 35.9. The molecule has 0 fully saturated rings. The van der Waals surface area contributed by atoms with Gasteiger partial charge in [-0.1, -0.05) is 0 Å². The van der Waals surface area contributed by atoms with Crippen LogP contribution in [0, 0.1) is 5.82 Å². The number of benzene rings is 1. The van der Waals surface area contributed by atoms with Crippen molar-refractivity contribution in [2.75, 3.05) is 30.9 Å². The van der Waals surface area contributed by atoms with E-state index in [4.69, 9.17) is 0 Å². The fourth-order valence-electron chi connectivity index (χ4n) is 1.30. The van der Waals surface area contributed by atoms with E-state index in [9.17, 15) is 22.4 Å². The van der Waals surface area contributed by atoms with Crippen LogP contribution in [0.25, 0.3) is 0 Å². The third-order valence-electron chi connectivity index (χ3n) is 2.32. The zero-order chi connectivity index (χ0) is 15.3. The molecule has 1 N–H and O–H groups in total. The molecule has 1 aromatic carbocycles. The summed E-state index contributed by atoms with van der Waals surface area (Å²) in [5, 5.41) is 2.32. The van der Waals surface area contributed by atoms with E-state index < -0.39 is 39.0 Å². The van der Waals surface area contributed by atoms with Crippen LogP contribution in [-0.4, -0.2) is 50.7 Å². The number of carbonyl (C=O) groups is 2. The monoisotopic (exact) mass is 302 g/mol. The van der Waals surface area contributed by atoms with Crippen molar-refractivity contribution in [1.29, 1.82) is 0 Å². The molecule has 0 radical (unpaired) electrons. The first-order valence-electron chi connectivity index (χ1n) is 5.65. The Labute approximate surface area is 116 Å². The lowest BCUT2D eigenvalue weighted by Crippen LogP contribution is -2.33. The SMILES string of the molecule is CN(C)C(=O)CS(=O)(=O)CC(=O)Nc1ccc(F)cc1. The summed E-state index contributed by atoms with van der Waals surface area (Å²) in [5.74, 6) is -3.37. The number of rotatable bonds is 5. The number of hydrogen-bond acceptors (Lipinski definition) is 4. The first kappa shape index (κ1) is 16.1. The normalized spacial score (nSPS) is 10.9. The van der Waals surface area contributed by atoms with Crippen molar-refractivity contribution in [2.45, 2.75) is 0 Å². The molecule has 0 unspecified atom stereocenters. The van der Waals surface area contributed by atoms with Crippen LogP contribution in [0.4, 0.5) is 10.1 Å². The highest BCUT2D eigenvalue weighted by Gasteiger charge is 2.21. The fourth-order valence-corrected chi connectivity index (χ4v) is 2.51. The van der Waals surface area contributed by atoms with Gasteiger partial charge < -0.3 is 10.2 Å². The molecule has 0 heterocycles. The van der Waals surface area contributed by atoms with E-state index in [1.807, 2.05) is 0 Å². The van der Waals surface area contributed by atoms with Crippen LogP contribution >= 0.6 is 0 Å². The zero-order valence-corrected chi connectivity index (χ0v) is 11.9. The number of sulfone groups is 1. The number of hydrogen-bond donors (Lipinski definition) is 1. The lowest BCUT2D eigenvalue weighted by atomic mass is 10.3. The summed E-state index contributed by atoms with van der Waals surface area (Å²) >= 11 is 0. The molecule has 0 aliphatic rings. The Kier molecular flexibility index (Phi) is 5.20. The van der Waals surface area contributed by atoms with Crippen molar-refractivity contribution >= 4 is 27.3 Å². The topological polar surface area (TPSA) is 83.6 Å². The van der Waals surface area contributed by atoms with E-state index in [0.717, 1.165) is 17.0 Å². The Hall–Kier alpha value is -1.96. The Morgan fingerprint density at radius 2 is 1.70 bits per heavy atom. The van der Waals surface area contributed by atoms with E-state index >= 15 is 0 Å². The largest absolute Gasteiger partial charge is 0.348 e. The summed E-state index contributed by atoms with van der Waals surface area (Å²) in [6, 6.07) is 4.90. The van der Waals surface area contributed by atoms with E-state index in [1.165, 1.54) is 26.2 Å². The van der Waals surface area contributed by atoms with Gasteiger partial charge in [0.25, 0.3) is 0 Å². The summed E-state index contributed by atoms with van der Waals surface area (Å²) in [7, 11) is -0.977. The highest BCUT2D eigenvalue weighted by atomic mass is 32.2. The van der Waals surface area contributed by atoms with Gasteiger partial charge >= 0.3 is 0 Å². The molecule has 0 atom stereocenters. The molecule has 0 bridgehead atoms. The Morgan fingerprint density at radius 3 is 2.20 bits per heavy atom. The molecule has 0 spiro atoms. The third-order valence-corrected chi connectivity index (χ3v) is 3.71. The molecular weight excluding hydrogens is 287 g/mol. The van der Waals surface area contributed by atoms with Crippen LogP contribution in [0.5, 0.6) is 0 Å². The molecule has 2 amide bonds. The van der Waals surface area contributed by atoms with Crippen molar-refractivity contribution in [3.05, 3.63) is 30.1 Å². The molecule has 8 heteroatoms. The fraction of sp³-hybridized carbons (Fsp3) is 0.333. The Balaban J connectivity index is 2.61. The third kappa shape index (κ3) is 5.35. The van der Waals surface area contributed by atoms with Gasteiger partial charge in [0, 0.05) is 19.8 Å². The maximum atomic E-state index is 12.7. The van der Waals surface area contributed by atoms with Gasteiger partial charge in [0.15, 0.2) is 9.84 Å². The standard InChI is InChI=1S/C12H15FN2O4S/c1-15(2)12(17)8-20(18,19)7-11(16)14-10-5-3-9(13)4-6-10/h3-6H,7-8H2,1-2H3,(H,14,16). The van der Waals surface area contributed by atoms with Crippen LogP contribution in [0.1, 0.15) is 0 Å². The molecule has 0 aromatic heterocycles. The minimum Gasteiger partial charge on any atom is -0.348 e. The first-order chi connectivity index (χ1) is 9.19. The lowest BCUT2D eigenvalue weighted by Gasteiger charge is -2.10. The number of amides is 2. The molecule has 20 heavy (non-hydrogen) atoms. The van der Waals surface area contributed by atoms with Crippen LogP contribution in [0.3, 0.4) is 0 Å². The molecule has 0 saturated carbocycles. The molecule has 0 saturated heterocycles. The van der Waals surface area contributed by atoms with Crippen molar-refractivity contribution in [2.24, 2.45) is 0 Å². The van der Waals surface area contributed by atoms with Gasteiger partial charge in [-0.05, 0) is 24.3 Å². The summed E-state index contributed by atoms with van der Waals surface area (Å²) in [4.78, 5) is 24.0. The molecule has 1 aromatic rings. The van der Waals surface area contributed by atoms with E-state index in [2.05, 4.69) is 5.32 Å². The van der Waals surface area contributed by atoms with Gasteiger partial charge in [-0.3, -0.25) is 9.59 Å². The van der Waals surface area contributed by atoms with Gasteiger partial charge in [0.05, 0.1) is 0 Å². The molecular formula is C12H15FN2O4S. The van der Waals surface area contributed by atoms with Crippen LogP contribution in [0.2, 0.25) is 0 Å². The second-order valence-corrected chi connectivity index (χ2v) is 6.44. The van der Waals surface area contributed by atoms with Gasteiger partial charge in [-0.2, -0.15) is 0 Å². The number of anilines is 1. The number of carbonyl (C=O) groups excluding carboxylic acids is 2. The Morgan fingerprint density at radius 1 is 1.15 bits per heavy atom. The van der Waals surface area contributed by atoms with E-state index in [0.29, 0.717) is 0 Å². The van der Waals surface area contributed by atoms with Crippen molar-refractivity contribution in [3.8, 4) is 0 Å². The van der Waals surface area contributed by atoms with E-state index in [-0.39, 0.29) is 5.69 Å². The molecule has 0 aliphatic carbocycles. The van der Waals surface area contributed by atoms with Crippen LogP contribution in [0.15, 0.2) is 24.3 Å². The summed E-state index contributed by atoms with van der Waals surface area (Å²) in [5.41, 5.74) is 0.283. The van der Waals surface area contributed by atoms with Gasteiger partial charge in [0.2, 0.25) is 11.8 Å². The minimum atomic E-state index is -3.83. The summed E-state index contributed by atoms with van der Waals surface area (Å²) in [6.07, 6.45) is 0. The first-order valence-corrected chi connectivity index (χ1v) is 7.48. The minimum absolute atomic E-state index is 0.283. The highest BCUT2D eigenvalue weighted by Crippen LogP contribution is 2.08. The number of nitrogens with one attached hydrogen (secondary N) is 1. The number of halogens is 1. The smallest absolute Gasteiger partial charge is 0.239 e. The van der Waals surface area contributed by atoms with Gasteiger partial charge in [0.1, 0.15) is 17.3 Å². The molecule has 1 rings (SSSR count). The van der Waals surface area contributed by atoms with Crippen LogP contribution in [-0.2, 0) is 19.4 Å². The van der Waals surface area contributed by atoms with Gasteiger partial charge in [-0.15, -0.1) is 0 Å². The lowest BCUT2D eigenvalue weighted by molar-refractivity contribution is -0.125. The second-order valence-electron chi connectivity index (χ2n) is 4.38.